The van der Waals surface area contributed by atoms with Crippen LogP contribution in [-0.2, 0) is 0 Å². The third kappa shape index (κ3) is 2.07. The molecule has 1 N–H and O–H groups in total. The molecule has 0 fully saturated rings. The molecule has 0 radical (unpaired) electrons. The number of benzene rings is 1. The molecule has 0 bridgehead atoms. The predicted octanol–water partition coefficient (Wildman–Crippen LogP) is 2.81. The second-order valence-corrected chi connectivity index (χ2v) is 4.48. The Bertz CT molecular complexity index is 748. The molecule has 5 nitrogen and oxygen atoms in total. The lowest BCUT2D eigenvalue weighted by molar-refractivity contribution is 0.340. The lowest BCUT2D eigenvalue weighted by atomic mass is 10.1. The number of nitrogens with zero attached hydrogens (tertiary/aromatic N) is 3. The number of hydrogen-bond donors (Lipinski definition) is 1. The van der Waals surface area contributed by atoms with Crippen LogP contribution in [0.25, 0.3) is 16.9 Å². The number of fused-ring (bicyclic) bond motifs is 1. The minimum Gasteiger partial charge on any atom is -0.494 e. The second-order valence-electron chi connectivity index (χ2n) is 4.48. The molecule has 0 spiro atoms. The molecule has 0 amide bonds. The maximum atomic E-state index is 9.94. The van der Waals surface area contributed by atoms with Crippen LogP contribution in [0.3, 0.4) is 0 Å². The summed E-state index contributed by atoms with van der Waals surface area (Å²) in [6.45, 7) is 4.36. The van der Waals surface area contributed by atoms with Gasteiger partial charge in [0.1, 0.15) is 11.4 Å². The lowest BCUT2D eigenvalue weighted by Gasteiger charge is -2.05. The number of aromatic hydroxyl groups is 1. The first-order valence-electron chi connectivity index (χ1n) is 6.46. The monoisotopic (exact) mass is 269 g/mol. The summed E-state index contributed by atoms with van der Waals surface area (Å²) < 4.78 is 7.05. The van der Waals surface area contributed by atoms with Crippen molar-refractivity contribution in [3.05, 3.63) is 42.4 Å². The van der Waals surface area contributed by atoms with Crippen molar-refractivity contribution in [2.45, 2.75) is 13.8 Å². The maximum Gasteiger partial charge on any atom is 0.219 e. The Kier molecular flexibility index (Phi) is 3.02. The molecule has 0 saturated heterocycles. The van der Waals surface area contributed by atoms with E-state index >= 15 is 0 Å². The number of imidazole rings is 1. The fourth-order valence-corrected chi connectivity index (χ4v) is 2.10. The van der Waals surface area contributed by atoms with Crippen LogP contribution in [0, 0.1) is 6.92 Å². The first-order chi connectivity index (χ1) is 9.69. The summed E-state index contributed by atoms with van der Waals surface area (Å²) in [7, 11) is 0. The van der Waals surface area contributed by atoms with Crippen molar-refractivity contribution in [2.24, 2.45) is 0 Å². The zero-order valence-corrected chi connectivity index (χ0v) is 11.4. The largest absolute Gasteiger partial charge is 0.494 e. The molecule has 3 rings (SSSR count). The van der Waals surface area contributed by atoms with E-state index in [-0.39, 0.29) is 5.88 Å². The van der Waals surface area contributed by atoms with Crippen LogP contribution in [0.5, 0.6) is 11.6 Å². The quantitative estimate of drug-likeness (QED) is 0.794. The highest BCUT2D eigenvalue weighted by atomic mass is 16.5. The summed E-state index contributed by atoms with van der Waals surface area (Å²) in [5.41, 5.74) is 2.96. The predicted molar refractivity (Wildman–Crippen MR) is 76.0 cm³/mol. The average Bonchev–Trinajstić information content (AvgIpc) is 2.75. The van der Waals surface area contributed by atoms with Gasteiger partial charge in [-0.25, -0.2) is 4.98 Å². The molecule has 20 heavy (non-hydrogen) atoms. The van der Waals surface area contributed by atoms with Crippen molar-refractivity contribution in [1.82, 2.24) is 14.4 Å². The van der Waals surface area contributed by atoms with Crippen molar-refractivity contribution in [1.29, 1.82) is 0 Å². The smallest absolute Gasteiger partial charge is 0.219 e. The third-order valence-electron chi connectivity index (χ3n) is 3.11. The molecule has 5 heteroatoms. The normalized spacial score (nSPS) is 10.9. The van der Waals surface area contributed by atoms with Crippen molar-refractivity contribution < 1.29 is 9.84 Å². The number of aryl methyl sites for hydroxylation is 1. The van der Waals surface area contributed by atoms with E-state index in [1.54, 1.807) is 23.7 Å². The van der Waals surface area contributed by atoms with Crippen LogP contribution >= 0.6 is 0 Å². The van der Waals surface area contributed by atoms with E-state index < -0.39 is 0 Å². The number of ether oxygens (including phenoxy) is 1. The molecule has 0 aliphatic rings. The van der Waals surface area contributed by atoms with Crippen molar-refractivity contribution in [3.8, 4) is 22.9 Å². The highest BCUT2D eigenvalue weighted by molar-refractivity contribution is 5.61. The summed E-state index contributed by atoms with van der Waals surface area (Å²) in [6.07, 6.45) is 3.43. The number of rotatable bonds is 3. The summed E-state index contributed by atoms with van der Waals surface area (Å²) in [5, 5.41) is 9.94. The van der Waals surface area contributed by atoms with Gasteiger partial charge in [0.2, 0.25) is 5.88 Å². The van der Waals surface area contributed by atoms with Crippen LogP contribution in [0.2, 0.25) is 0 Å². The summed E-state index contributed by atoms with van der Waals surface area (Å²) in [6, 6.07) is 7.70. The van der Waals surface area contributed by atoms with Crippen LogP contribution < -0.4 is 4.74 Å². The minimum absolute atomic E-state index is 0.148. The zero-order chi connectivity index (χ0) is 14.1. The van der Waals surface area contributed by atoms with Crippen LogP contribution in [0.15, 0.2) is 36.7 Å². The molecule has 0 atom stereocenters. The maximum absolute atomic E-state index is 9.94. The molecule has 0 saturated carbocycles. The standard InChI is InChI=1S/C15H15N3O2/c1-3-20-12-6-4-11(5-7-12)13-9-18-14(8-16-13)17-10(2)15(18)19/h4-9,19H,3H2,1-2H3. The molecule has 2 heterocycles. The average molecular weight is 269 g/mol. The van der Waals surface area contributed by atoms with Gasteiger partial charge in [0.15, 0.2) is 5.65 Å². The van der Waals surface area contributed by atoms with E-state index in [1.807, 2.05) is 31.2 Å². The van der Waals surface area contributed by atoms with Crippen LogP contribution in [-0.4, -0.2) is 26.1 Å². The van der Waals surface area contributed by atoms with Gasteiger partial charge in [0.05, 0.1) is 18.5 Å². The molecular formula is C15H15N3O2. The molecule has 0 aliphatic carbocycles. The highest BCUT2D eigenvalue weighted by Gasteiger charge is 2.09. The fourth-order valence-electron chi connectivity index (χ4n) is 2.10. The Morgan fingerprint density at radius 2 is 2.00 bits per heavy atom. The first-order valence-corrected chi connectivity index (χ1v) is 6.46. The van der Waals surface area contributed by atoms with Gasteiger partial charge in [-0.1, -0.05) is 0 Å². The Labute approximate surface area is 116 Å². The minimum atomic E-state index is 0.148. The molecule has 0 unspecified atom stereocenters. The SMILES string of the molecule is CCOc1ccc(-c2cn3c(O)c(C)nc3cn2)cc1. The van der Waals surface area contributed by atoms with E-state index in [0.717, 1.165) is 17.0 Å². The topological polar surface area (TPSA) is 59.7 Å². The molecule has 3 aromatic rings. The Morgan fingerprint density at radius 3 is 2.70 bits per heavy atom. The molecule has 2 aromatic heterocycles. The van der Waals surface area contributed by atoms with Crippen molar-refractivity contribution in [2.75, 3.05) is 6.61 Å². The Balaban J connectivity index is 2.03. The zero-order valence-electron chi connectivity index (χ0n) is 11.4. The van der Waals surface area contributed by atoms with Crippen LogP contribution in [0.1, 0.15) is 12.6 Å². The Morgan fingerprint density at radius 1 is 1.25 bits per heavy atom. The van der Waals surface area contributed by atoms with Gasteiger partial charge in [-0.05, 0) is 38.1 Å². The van der Waals surface area contributed by atoms with Gasteiger partial charge in [-0.2, -0.15) is 0 Å². The van der Waals surface area contributed by atoms with E-state index in [0.29, 0.717) is 17.9 Å². The van der Waals surface area contributed by atoms with Gasteiger partial charge >= 0.3 is 0 Å². The van der Waals surface area contributed by atoms with E-state index in [9.17, 15) is 5.11 Å². The lowest BCUT2D eigenvalue weighted by Crippen LogP contribution is -1.92. The highest BCUT2D eigenvalue weighted by Crippen LogP contribution is 2.24. The number of hydrogen-bond acceptors (Lipinski definition) is 4. The van der Waals surface area contributed by atoms with Crippen molar-refractivity contribution >= 4 is 5.65 Å². The van der Waals surface area contributed by atoms with Crippen LogP contribution in [0.4, 0.5) is 0 Å². The fraction of sp³-hybridized carbons (Fsp3) is 0.200. The van der Waals surface area contributed by atoms with E-state index in [1.165, 1.54) is 0 Å². The first kappa shape index (κ1) is 12.5. The third-order valence-corrected chi connectivity index (χ3v) is 3.11. The van der Waals surface area contributed by atoms with Crippen molar-refractivity contribution in [3.63, 3.8) is 0 Å². The summed E-state index contributed by atoms with van der Waals surface area (Å²) in [4.78, 5) is 8.59. The summed E-state index contributed by atoms with van der Waals surface area (Å²) >= 11 is 0. The van der Waals surface area contributed by atoms with Gasteiger partial charge in [-0.15, -0.1) is 0 Å². The van der Waals surface area contributed by atoms with Gasteiger partial charge in [-0.3, -0.25) is 9.38 Å². The van der Waals surface area contributed by atoms with E-state index in [2.05, 4.69) is 9.97 Å². The summed E-state index contributed by atoms with van der Waals surface area (Å²) in [5.74, 6) is 0.980. The molecule has 0 aliphatic heterocycles. The van der Waals surface area contributed by atoms with Gasteiger partial charge in [0, 0.05) is 11.8 Å². The van der Waals surface area contributed by atoms with Gasteiger partial charge < -0.3 is 9.84 Å². The van der Waals surface area contributed by atoms with E-state index in [4.69, 9.17) is 4.74 Å². The number of aromatic nitrogens is 3. The van der Waals surface area contributed by atoms with Gasteiger partial charge in [0.25, 0.3) is 0 Å². The molecule has 1 aromatic carbocycles. The molecular weight excluding hydrogens is 254 g/mol. The Hall–Kier alpha value is -2.56. The molecule has 102 valence electrons. The second kappa shape index (κ2) is 4.85.